The van der Waals surface area contributed by atoms with Crippen molar-refractivity contribution in [3.63, 3.8) is 0 Å². The third-order valence-corrected chi connectivity index (χ3v) is 5.77. The van der Waals surface area contributed by atoms with E-state index in [1.165, 1.54) is 32.1 Å². The van der Waals surface area contributed by atoms with Gasteiger partial charge in [0.2, 0.25) is 5.91 Å². The lowest BCUT2D eigenvalue weighted by Crippen LogP contribution is -2.39. The minimum Gasteiger partial charge on any atom is -0.481 e. The molecule has 0 radical (unpaired) electrons. The van der Waals surface area contributed by atoms with Crippen LogP contribution in [0.3, 0.4) is 0 Å². The van der Waals surface area contributed by atoms with E-state index in [1.807, 2.05) is 11.8 Å². The van der Waals surface area contributed by atoms with E-state index >= 15 is 0 Å². The SMILES string of the molecule is CC1C(C(=O)O)CCN1C(=O)C1CC1C1CCCCC1. The minimum absolute atomic E-state index is 0.132. The largest absolute Gasteiger partial charge is 0.481 e. The molecule has 4 unspecified atom stereocenters. The van der Waals surface area contributed by atoms with Crippen LogP contribution in [0.4, 0.5) is 0 Å². The Kier molecular flexibility index (Phi) is 3.74. The van der Waals surface area contributed by atoms with Gasteiger partial charge in [-0.05, 0) is 31.6 Å². The normalized spacial score (nSPS) is 38.0. The summed E-state index contributed by atoms with van der Waals surface area (Å²) < 4.78 is 0. The summed E-state index contributed by atoms with van der Waals surface area (Å²) in [4.78, 5) is 25.6. The number of hydrogen-bond donors (Lipinski definition) is 1. The predicted molar refractivity (Wildman–Crippen MR) is 75.1 cm³/mol. The van der Waals surface area contributed by atoms with Gasteiger partial charge in [0.15, 0.2) is 0 Å². The molecule has 3 fully saturated rings. The Morgan fingerprint density at radius 1 is 1.05 bits per heavy atom. The summed E-state index contributed by atoms with van der Waals surface area (Å²) in [6.07, 6.45) is 8.24. The Balaban J connectivity index is 1.57. The maximum Gasteiger partial charge on any atom is 0.308 e. The maximum atomic E-state index is 12.6. The number of carbonyl (C=O) groups is 2. The fourth-order valence-electron chi connectivity index (χ4n) is 4.38. The molecule has 0 aromatic heterocycles. The van der Waals surface area contributed by atoms with E-state index in [1.54, 1.807) is 0 Å². The fourth-order valence-corrected chi connectivity index (χ4v) is 4.38. The first-order chi connectivity index (χ1) is 9.59. The molecule has 3 rings (SSSR count). The van der Waals surface area contributed by atoms with Crippen LogP contribution in [0.1, 0.15) is 51.9 Å². The van der Waals surface area contributed by atoms with E-state index < -0.39 is 5.97 Å². The Morgan fingerprint density at radius 3 is 2.35 bits per heavy atom. The molecule has 4 nitrogen and oxygen atoms in total. The number of amides is 1. The summed E-state index contributed by atoms with van der Waals surface area (Å²) in [6.45, 7) is 2.52. The number of rotatable bonds is 3. The zero-order valence-electron chi connectivity index (χ0n) is 12.3. The summed E-state index contributed by atoms with van der Waals surface area (Å²) >= 11 is 0. The van der Waals surface area contributed by atoms with Gasteiger partial charge < -0.3 is 10.0 Å². The van der Waals surface area contributed by atoms with Crippen molar-refractivity contribution in [1.82, 2.24) is 4.90 Å². The van der Waals surface area contributed by atoms with Crippen LogP contribution in [0.2, 0.25) is 0 Å². The van der Waals surface area contributed by atoms with Gasteiger partial charge in [-0.2, -0.15) is 0 Å². The van der Waals surface area contributed by atoms with Crippen molar-refractivity contribution in [2.45, 2.75) is 57.9 Å². The van der Waals surface area contributed by atoms with Gasteiger partial charge in [-0.25, -0.2) is 0 Å². The number of aliphatic carboxylic acids is 1. The average Bonchev–Trinajstić information content (AvgIpc) is 3.15. The molecular weight excluding hydrogens is 254 g/mol. The van der Waals surface area contributed by atoms with E-state index in [9.17, 15) is 9.59 Å². The number of hydrogen-bond acceptors (Lipinski definition) is 2. The van der Waals surface area contributed by atoms with Crippen LogP contribution in [-0.2, 0) is 9.59 Å². The molecule has 0 aromatic carbocycles. The molecule has 112 valence electrons. The van der Waals surface area contributed by atoms with Crippen LogP contribution >= 0.6 is 0 Å². The van der Waals surface area contributed by atoms with Crippen LogP contribution in [-0.4, -0.2) is 34.5 Å². The van der Waals surface area contributed by atoms with Gasteiger partial charge in [0.05, 0.1) is 5.92 Å². The number of carbonyl (C=O) groups excluding carboxylic acids is 1. The van der Waals surface area contributed by atoms with Crippen molar-refractivity contribution < 1.29 is 14.7 Å². The Morgan fingerprint density at radius 2 is 1.75 bits per heavy atom. The van der Waals surface area contributed by atoms with Gasteiger partial charge in [0, 0.05) is 18.5 Å². The van der Waals surface area contributed by atoms with Gasteiger partial charge in [-0.3, -0.25) is 9.59 Å². The lowest BCUT2D eigenvalue weighted by Gasteiger charge is -2.25. The van der Waals surface area contributed by atoms with Crippen LogP contribution < -0.4 is 0 Å². The molecule has 4 heteroatoms. The second kappa shape index (κ2) is 5.38. The molecule has 4 atom stereocenters. The van der Waals surface area contributed by atoms with Crippen LogP contribution in [0.15, 0.2) is 0 Å². The van der Waals surface area contributed by atoms with Crippen molar-refractivity contribution in [3.8, 4) is 0 Å². The molecule has 1 aliphatic heterocycles. The first-order valence-electron chi connectivity index (χ1n) is 8.13. The molecule has 0 aromatic rings. The van der Waals surface area contributed by atoms with Crippen LogP contribution in [0.25, 0.3) is 0 Å². The molecule has 1 saturated heterocycles. The van der Waals surface area contributed by atoms with E-state index in [0.717, 1.165) is 12.3 Å². The number of carboxylic acids is 1. The number of nitrogens with zero attached hydrogens (tertiary/aromatic N) is 1. The third-order valence-electron chi connectivity index (χ3n) is 5.77. The summed E-state index contributed by atoms with van der Waals surface area (Å²) in [6, 6.07) is -0.132. The second-order valence-corrected chi connectivity index (χ2v) is 6.91. The molecule has 2 saturated carbocycles. The standard InChI is InChI=1S/C16H25NO3/c1-10-12(16(19)20)7-8-17(10)15(18)14-9-13(14)11-5-3-2-4-6-11/h10-14H,2-9H2,1H3,(H,19,20). The lowest BCUT2D eigenvalue weighted by molar-refractivity contribution is -0.143. The van der Waals surface area contributed by atoms with Gasteiger partial charge in [0.1, 0.15) is 0 Å². The Hall–Kier alpha value is -1.06. The number of likely N-dealkylation sites (tertiary alicyclic amines) is 1. The predicted octanol–water partition coefficient (Wildman–Crippen LogP) is 2.52. The quantitative estimate of drug-likeness (QED) is 0.863. The highest BCUT2D eigenvalue weighted by Crippen LogP contribution is 2.50. The van der Waals surface area contributed by atoms with E-state index in [2.05, 4.69) is 0 Å². The van der Waals surface area contributed by atoms with E-state index in [0.29, 0.717) is 18.9 Å². The van der Waals surface area contributed by atoms with Crippen molar-refractivity contribution >= 4 is 11.9 Å². The molecule has 0 bridgehead atoms. The van der Waals surface area contributed by atoms with Crippen molar-refractivity contribution in [1.29, 1.82) is 0 Å². The molecule has 0 spiro atoms. The minimum atomic E-state index is -0.757. The first kappa shape index (κ1) is 13.9. The monoisotopic (exact) mass is 279 g/mol. The number of carboxylic acid groups (broad SMARTS) is 1. The third kappa shape index (κ3) is 2.45. The van der Waals surface area contributed by atoms with Crippen LogP contribution in [0.5, 0.6) is 0 Å². The summed E-state index contributed by atoms with van der Waals surface area (Å²) in [5, 5.41) is 9.16. The molecule has 1 N–H and O–H groups in total. The smallest absolute Gasteiger partial charge is 0.308 e. The summed E-state index contributed by atoms with van der Waals surface area (Å²) in [5.41, 5.74) is 0. The van der Waals surface area contributed by atoms with Crippen LogP contribution in [0, 0.1) is 23.7 Å². The Labute approximate surface area is 120 Å². The topological polar surface area (TPSA) is 57.6 Å². The van der Waals surface area contributed by atoms with Crippen molar-refractivity contribution in [2.75, 3.05) is 6.54 Å². The molecule has 2 aliphatic carbocycles. The van der Waals surface area contributed by atoms with E-state index in [4.69, 9.17) is 5.11 Å². The second-order valence-electron chi connectivity index (χ2n) is 6.91. The zero-order valence-corrected chi connectivity index (χ0v) is 12.3. The van der Waals surface area contributed by atoms with Gasteiger partial charge >= 0.3 is 5.97 Å². The molecule has 1 amide bonds. The van der Waals surface area contributed by atoms with Gasteiger partial charge in [-0.15, -0.1) is 0 Å². The summed E-state index contributed by atoms with van der Waals surface area (Å²) in [7, 11) is 0. The van der Waals surface area contributed by atoms with Crippen molar-refractivity contribution in [3.05, 3.63) is 0 Å². The van der Waals surface area contributed by atoms with Gasteiger partial charge in [0.25, 0.3) is 0 Å². The Bertz CT molecular complexity index is 403. The molecule has 20 heavy (non-hydrogen) atoms. The molecule has 3 aliphatic rings. The molecular formula is C16H25NO3. The van der Waals surface area contributed by atoms with Gasteiger partial charge in [-0.1, -0.05) is 32.1 Å². The highest BCUT2D eigenvalue weighted by Gasteiger charge is 2.51. The zero-order chi connectivity index (χ0) is 14.3. The molecule has 1 heterocycles. The van der Waals surface area contributed by atoms with E-state index in [-0.39, 0.29) is 23.8 Å². The highest BCUT2D eigenvalue weighted by molar-refractivity contribution is 5.83. The maximum absolute atomic E-state index is 12.6. The highest BCUT2D eigenvalue weighted by atomic mass is 16.4. The fraction of sp³-hybridized carbons (Fsp3) is 0.875. The average molecular weight is 279 g/mol. The first-order valence-corrected chi connectivity index (χ1v) is 8.13. The summed E-state index contributed by atoms with van der Waals surface area (Å²) in [5.74, 6) is 0.660. The van der Waals surface area contributed by atoms with Crippen molar-refractivity contribution in [2.24, 2.45) is 23.7 Å². The lowest BCUT2D eigenvalue weighted by atomic mass is 9.85.